The van der Waals surface area contributed by atoms with Gasteiger partial charge in [0.05, 0.1) is 19.3 Å². The molecule has 1 N–H and O–H groups in total. The number of carbonyl (C=O) groups is 1. The minimum absolute atomic E-state index is 0.0468. The SMILES string of the molecule is COc1ccc(Cl)cc1NC(=O)CN1CCC(Cn2ccnc2C)CC1. The van der Waals surface area contributed by atoms with Crippen LogP contribution in [0.3, 0.4) is 0 Å². The van der Waals surface area contributed by atoms with E-state index in [0.29, 0.717) is 28.9 Å². The van der Waals surface area contributed by atoms with Crippen LogP contribution in [0.5, 0.6) is 5.75 Å². The zero-order valence-corrected chi connectivity index (χ0v) is 16.0. The van der Waals surface area contributed by atoms with Crippen molar-refractivity contribution in [1.82, 2.24) is 14.5 Å². The predicted molar refractivity (Wildman–Crippen MR) is 103 cm³/mol. The van der Waals surface area contributed by atoms with Gasteiger partial charge in [-0.2, -0.15) is 0 Å². The topological polar surface area (TPSA) is 59.4 Å². The molecule has 1 amide bonds. The fourth-order valence-electron chi connectivity index (χ4n) is 3.37. The van der Waals surface area contributed by atoms with Crippen molar-refractivity contribution in [2.75, 3.05) is 32.1 Å². The summed E-state index contributed by atoms with van der Waals surface area (Å²) in [5.74, 6) is 2.25. The van der Waals surface area contributed by atoms with Crippen molar-refractivity contribution in [3.05, 3.63) is 41.4 Å². The number of aromatic nitrogens is 2. The Morgan fingerprint density at radius 2 is 2.15 bits per heavy atom. The number of hydrogen-bond acceptors (Lipinski definition) is 4. The number of nitrogens with zero attached hydrogens (tertiary/aromatic N) is 3. The second kappa shape index (κ2) is 8.56. The monoisotopic (exact) mass is 376 g/mol. The molecule has 0 bridgehead atoms. The fourth-order valence-corrected chi connectivity index (χ4v) is 3.54. The van der Waals surface area contributed by atoms with E-state index < -0.39 is 0 Å². The summed E-state index contributed by atoms with van der Waals surface area (Å²) in [5, 5.41) is 3.47. The van der Waals surface area contributed by atoms with Gasteiger partial charge in [-0.05, 0) is 57.0 Å². The van der Waals surface area contributed by atoms with Gasteiger partial charge in [0, 0.05) is 24.0 Å². The van der Waals surface area contributed by atoms with E-state index in [4.69, 9.17) is 16.3 Å². The summed E-state index contributed by atoms with van der Waals surface area (Å²) in [6, 6.07) is 5.20. The Balaban J connectivity index is 1.48. The normalized spacial score (nSPS) is 15.8. The highest BCUT2D eigenvalue weighted by molar-refractivity contribution is 6.31. The largest absolute Gasteiger partial charge is 0.495 e. The lowest BCUT2D eigenvalue weighted by Crippen LogP contribution is -2.40. The Bertz CT molecular complexity index is 754. The molecule has 6 nitrogen and oxygen atoms in total. The summed E-state index contributed by atoms with van der Waals surface area (Å²) in [6.45, 7) is 5.28. The lowest BCUT2D eigenvalue weighted by Gasteiger charge is -2.31. The number of aryl methyl sites for hydroxylation is 1. The lowest BCUT2D eigenvalue weighted by molar-refractivity contribution is -0.117. The van der Waals surface area contributed by atoms with Crippen LogP contribution in [0.15, 0.2) is 30.6 Å². The first-order chi connectivity index (χ1) is 12.5. The van der Waals surface area contributed by atoms with Crippen molar-refractivity contribution in [2.24, 2.45) is 5.92 Å². The van der Waals surface area contributed by atoms with Crippen LogP contribution in [0.25, 0.3) is 0 Å². The number of halogens is 1. The number of piperidine rings is 1. The molecule has 0 atom stereocenters. The van der Waals surface area contributed by atoms with E-state index in [9.17, 15) is 4.79 Å². The van der Waals surface area contributed by atoms with Crippen molar-refractivity contribution in [2.45, 2.75) is 26.3 Å². The van der Waals surface area contributed by atoms with Gasteiger partial charge in [0.15, 0.2) is 0 Å². The van der Waals surface area contributed by atoms with Gasteiger partial charge >= 0.3 is 0 Å². The highest BCUT2D eigenvalue weighted by Gasteiger charge is 2.22. The summed E-state index contributed by atoms with van der Waals surface area (Å²) in [6.07, 6.45) is 6.06. The number of anilines is 1. The second-order valence-corrected chi connectivity index (χ2v) is 7.18. The van der Waals surface area contributed by atoms with Gasteiger partial charge in [-0.15, -0.1) is 0 Å². The van der Waals surface area contributed by atoms with Crippen molar-refractivity contribution >= 4 is 23.2 Å². The molecule has 26 heavy (non-hydrogen) atoms. The fraction of sp³-hybridized carbons (Fsp3) is 0.474. The summed E-state index contributed by atoms with van der Waals surface area (Å²) >= 11 is 6.01. The standard InChI is InChI=1S/C19H25ClN4O2/c1-14-21-7-10-24(14)12-15-5-8-23(9-6-15)13-19(25)22-17-11-16(20)3-4-18(17)26-2/h3-4,7,10-11,15H,5-6,8-9,12-13H2,1-2H3,(H,22,25). The van der Waals surface area contributed by atoms with E-state index in [-0.39, 0.29) is 5.91 Å². The number of benzene rings is 1. The molecule has 1 fully saturated rings. The van der Waals surface area contributed by atoms with Gasteiger partial charge in [-0.25, -0.2) is 4.98 Å². The molecule has 1 aromatic heterocycles. The maximum Gasteiger partial charge on any atom is 0.238 e. The maximum atomic E-state index is 12.4. The van der Waals surface area contributed by atoms with Crippen LogP contribution >= 0.6 is 11.6 Å². The molecule has 1 aliphatic heterocycles. The molecule has 2 aromatic rings. The Hall–Kier alpha value is -2.05. The summed E-state index contributed by atoms with van der Waals surface area (Å²) in [4.78, 5) is 18.9. The average molecular weight is 377 g/mol. The Labute approximate surface area is 159 Å². The molecule has 0 radical (unpaired) electrons. The van der Waals surface area contributed by atoms with Crippen LogP contribution < -0.4 is 10.1 Å². The zero-order chi connectivity index (χ0) is 18.5. The van der Waals surface area contributed by atoms with E-state index in [0.717, 1.165) is 38.3 Å². The van der Waals surface area contributed by atoms with E-state index in [2.05, 4.69) is 19.8 Å². The first kappa shape index (κ1) is 18.7. The highest BCUT2D eigenvalue weighted by Crippen LogP contribution is 2.27. The summed E-state index contributed by atoms with van der Waals surface area (Å²) in [7, 11) is 1.58. The Morgan fingerprint density at radius 3 is 2.81 bits per heavy atom. The molecular formula is C19H25ClN4O2. The van der Waals surface area contributed by atoms with Crippen LogP contribution in [0.2, 0.25) is 5.02 Å². The number of methoxy groups -OCH3 is 1. The predicted octanol–water partition coefficient (Wildman–Crippen LogP) is 3.20. The number of carbonyl (C=O) groups excluding carboxylic acids is 1. The average Bonchev–Trinajstić information content (AvgIpc) is 3.01. The molecule has 0 aliphatic carbocycles. The first-order valence-corrected chi connectivity index (χ1v) is 9.26. The summed E-state index contributed by atoms with van der Waals surface area (Å²) in [5.41, 5.74) is 0.607. The van der Waals surface area contributed by atoms with E-state index in [1.807, 2.05) is 19.3 Å². The van der Waals surface area contributed by atoms with Crippen molar-refractivity contribution in [3.8, 4) is 5.75 Å². The quantitative estimate of drug-likeness (QED) is 0.841. The van der Waals surface area contributed by atoms with Gasteiger partial charge in [0.1, 0.15) is 11.6 Å². The van der Waals surface area contributed by atoms with E-state index >= 15 is 0 Å². The molecule has 1 aromatic carbocycles. The third-order valence-electron chi connectivity index (χ3n) is 4.89. The van der Waals surface area contributed by atoms with Crippen molar-refractivity contribution < 1.29 is 9.53 Å². The molecule has 1 saturated heterocycles. The molecule has 0 spiro atoms. The van der Waals surface area contributed by atoms with Gasteiger partial charge in [-0.3, -0.25) is 9.69 Å². The van der Waals surface area contributed by atoms with Gasteiger partial charge in [-0.1, -0.05) is 11.6 Å². The molecule has 3 rings (SSSR count). The smallest absolute Gasteiger partial charge is 0.238 e. The third kappa shape index (κ3) is 4.77. The molecule has 7 heteroatoms. The van der Waals surface area contributed by atoms with Gasteiger partial charge in [0.2, 0.25) is 5.91 Å². The van der Waals surface area contributed by atoms with Gasteiger partial charge < -0.3 is 14.6 Å². The molecule has 1 aliphatic rings. The highest BCUT2D eigenvalue weighted by atomic mass is 35.5. The molecule has 140 valence electrons. The van der Waals surface area contributed by atoms with Crippen LogP contribution in [-0.2, 0) is 11.3 Å². The lowest BCUT2D eigenvalue weighted by atomic mass is 9.96. The van der Waals surface area contributed by atoms with Crippen molar-refractivity contribution in [1.29, 1.82) is 0 Å². The van der Waals surface area contributed by atoms with Crippen LogP contribution in [0.4, 0.5) is 5.69 Å². The van der Waals surface area contributed by atoms with Crippen LogP contribution in [-0.4, -0.2) is 47.1 Å². The zero-order valence-electron chi connectivity index (χ0n) is 15.2. The Kier molecular flexibility index (Phi) is 6.16. The molecular weight excluding hydrogens is 352 g/mol. The Morgan fingerprint density at radius 1 is 1.38 bits per heavy atom. The molecule has 0 unspecified atom stereocenters. The van der Waals surface area contributed by atoms with Crippen molar-refractivity contribution in [3.63, 3.8) is 0 Å². The van der Waals surface area contributed by atoms with Crippen LogP contribution in [0, 0.1) is 12.8 Å². The summed E-state index contributed by atoms with van der Waals surface area (Å²) < 4.78 is 7.48. The minimum atomic E-state index is -0.0468. The second-order valence-electron chi connectivity index (χ2n) is 6.74. The number of hydrogen-bond donors (Lipinski definition) is 1. The number of likely N-dealkylation sites (tertiary alicyclic amines) is 1. The first-order valence-electron chi connectivity index (χ1n) is 8.88. The van der Waals surface area contributed by atoms with Crippen LogP contribution in [0.1, 0.15) is 18.7 Å². The van der Waals surface area contributed by atoms with E-state index in [1.165, 1.54) is 0 Å². The minimum Gasteiger partial charge on any atom is -0.495 e. The number of imidazole rings is 1. The molecule has 2 heterocycles. The number of ether oxygens (including phenoxy) is 1. The van der Waals surface area contributed by atoms with Gasteiger partial charge in [0.25, 0.3) is 0 Å². The maximum absolute atomic E-state index is 12.4. The number of amides is 1. The number of nitrogens with one attached hydrogen (secondary N) is 1. The molecule has 0 saturated carbocycles. The van der Waals surface area contributed by atoms with E-state index in [1.54, 1.807) is 25.3 Å². The number of rotatable bonds is 6. The third-order valence-corrected chi connectivity index (χ3v) is 5.12.